The van der Waals surface area contributed by atoms with Crippen LogP contribution in [0.2, 0.25) is 0 Å². The highest BCUT2D eigenvalue weighted by Crippen LogP contribution is 2.52. The summed E-state index contributed by atoms with van der Waals surface area (Å²) in [4.78, 5) is 17.1. The lowest BCUT2D eigenvalue weighted by molar-refractivity contribution is -0.107. The molecule has 2 amide bonds. The van der Waals surface area contributed by atoms with E-state index in [-0.39, 0.29) is 23.6 Å². The van der Waals surface area contributed by atoms with E-state index in [0.29, 0.717) is 11.8 Å². The molecule has 1 saturated carbocycles. The summed E-state index contributed by atoms with van der Waals surface area (Å²) in [5, 5.41) is 7.26. The van der Waals surface area contributed by atoms with E-state index >= 15 is 0 Å². The van der Waals surface area contributed by atoms with Gasteiger partial charge >= 0.3 is 6.03 Å². The van der Waals surface area contributed by atoms with Crippen LogP contribution in [0.1, 0.15) is 45.0 Å². The molecule has 1 aliphatic heterocycles. The average Bonchev–Trinajstić information content (AvgIpc) is 3.17. The Kier molecular flexibility index (Phi) is 4.00. The van der Waals surface area contributed by atoms with E-state index in [1.807, 2.05) is 18.2 Å². The number of aromatic nitrogens is 1. The van der Waals surface area contributed by atoms with Gasteiger partial charge in [0.2, 0.25) is 0 Å². The summed E-state index contributed by atoms with van der Waals surface area (Å²) in [6.07, 6.45) is 1.31. The third kappa shape index (κ3) is 2.81. The molecule has 1 saturated heterocycles. The van der Waals surface area contributed by atoms with Crippen molar-refractivity contribution in [2.24, 2.45) is 11.3 Å². The topological polar surface area (TPSA) is 63.2 Å². The number of benzene rings is 1. The predicted molar refractivity (Wildman–Crippen MR) is 101 cm³/mol. The van der Waals surface area contributed by atoms with Gasteiger partial charge in [0.25, 0.3) is 0 Å². The SMILES string of the molecule is CC(C)c1nc2ccc(NC(=O)N[C@@H]3[C@H]4CCO[C@H]4C3(C)C)cc2s1. The number of hydrogen-bond acceptors (Lipinski definition) is 4. The number of nitrogens with one attached hydrogen (secondary N) is 2. The van der Waals surface area contributed by atoms with Gasteiger partial charge in [-0.15, -0.1) is 11.3 Å². The number of amides is 2. The number of thiazole rings is 1. The second kappa shape index (κ2) is 5.95. The summed E-state index contributed by atoms with van der Waals surface area (Å²) >= 11 is 1.69. The molecule has 0 radical (unpaired) electrons. The molecule has 0 unspecified atom stereocenters. The van der Waals surface area contributed by atoms with E-state index < -0.39 is 0 Å². The molecule has 2 N–H and O–H groups in total. The number of ether oxygens (including phenoxy) is 1. The van der Waals surface area contributed by atoms with Crippen molar-refractivity contribution in [1.29, 1.82) is 0 Å². The Morgan fingerprint density at radius 1 is 1.40 bits per heavy atom. The molecule has 6 heteroatoms. The Hall–Kier alpha value is -1.66. The Bertz CT molecular complexity index is 814. The van der Waals surface area contributed by atoms with Crippen LogP contribution in [0.4, 0.5) is 10.5 Å². The van der Waals surface area contributed by atoms with E-state index in [0.717, 1.165) is 33.9 Å². The number of carbonyl (C=O) groups is 1. The zero-order valence-corrected chi connectivity index (χ0v) is 15.9. The van der Waals surface area contributed by atoms with Gasteiger partial charge in [0.15, 0.2) is 0 Å². The van der Waals surface area contributed by atoms with Crippen molar-refractivity contribution in [3.63, 3.8) is 0 Å². The minimum absolute atomic E-state index is 0.00764. The molecule has 5 nitrogen and oxygen atoms in total. The quantitative estimate of drug-likeness (QED) is 0.856. The van der Waals surface area contributed by atoms with Gasteiger partial charge in [0.1, 0.15) is 0 Å². The number of urea groups is 1. The first-order valence-electron chi connectivity index (χ1n) is 8.96. The van der Waals surface area contributed by atoms with E-state index in [1.54, 1.807) is 11.3 Å². The summed E-state index contributed by atoms with van der Waals surface area (Å²) in [7, 11) is 0. The van der Waals surface area contributed by atoms with Gasteiger partial charge in [0, 0.05) is 35.6 Å². The van der Waals surface area contributed by atoms with Crippen LogP contribution in [-0.4, -0.2) is 29.8 Å². The van der Waals surface area contributed by atoms with Gasteiger partial charge in [-0.2, -0.15) is 0 Å². The third-order valence-corrected chi connectivity index (χ3v) is 6.86. The molecular formula is C19H25N3O2S. The predicted octanol–water partition coefficient (Wildman–Crippen LogP) is 4.35. The first-order chi connectivity index (χ1) is 11.9. The molecule has 1 aromatic carbocycles. The van der Waals surface area contributed by atoms with Gasteiger partial charge in [-0.3, -0.25) is 0 Å². The number of anilines is 1. The monoisotopic (exact) mass is 359 g/mol. The van der Waals surface area contributed by atoms with E-state index in [4.69, 9.17) is 4.74 Å². The Labute approximate surface area is 152 Å². The first-order valence-corrected chi connectivity index (χ1v) is 9.77. The summed E-state index contributed by atoms with van der Waals surface area (Å²) in [6.45, 7) is 9.43. The fourth-order valence-electron chi connectivity index (χ4n) is 4.19. The summed E-state index contributed by atoms with van der Waals surface area (Å²) in [6, 6.07) is 5.92. The van der Waals surface area contributed by atoms with Crippen molar-refractivity contribution in [2.75, 3.05) is 11.9 Å². The highest BCUT2D eigenvalue weighted by atomic mass is 32.1. The molecule has 2 fully saturated rings. The Balaban J connectivity index is 1.45. The summed E-state index contributed by atoms with van der Waals surface area (Å²) < 4.78 is 6.90. The maximum atomic E-state index is 12.5. The lowest BCUT2D eigenvalue weighted by Crippen LogP contribution is -2.67. The zero-order chi connectivity index (χ0) is 17.8. The van der Waals surface area contributed by atoms with Crippen molar-refractivity contribution in [3.8, 4) is 0 Å². The molecular weight excluding hydrogens is 334 g/mol. The lowest BCUT2D eigenvalue weighted by atomic mass is 9.57. The first kappa shape index (κ1) is 16.8. The summed E-state index contributed by atoms with van der Waals surface area (Å²) in [5.74, 6) is 0.859. The van der Waals surface area contributed by atoms with Crippen molar-refractivity contribution in [1.82, 2.24) is 10.3 Å². The average molecular weight is 359 g/mol. The molecule has 4 rings (SSSR count). The maximum absolute atomic E-state index is 12.5. The van der Waals surface area contributed by atoms with Gasteiger partial charge in [-0.25, -0.2) is 9.78 Å². The van der Waals surface area contributed by atoms with Gasteiger partial charge < -0.3 is 15.4 Å². The second-order valence-corrected chi connectivity index (χ2v) is 9.09. The van der Waals surface area contributed by atoms with Crippen LogP contribution in [0.3, 0.4) is 0 Å². The number of carbonyl (C=O) groups excluding carboxylic acids is 1. The van der Waals surface area contributed by atoms with Crippen LogP contribution in [0.25, 0.3) is 10.2 Å². The fourth-order valence-corrected chi connectivity index (χ4v) is 5.20. The number of rotatable bonds is 3. The molecule has 0 bridgehead atoms. The minimum atomic E-state index is -0.142. The molecule has 2 heterocycles. The molecule has 3 atom stereocenters. The third-order valence-electron chi connectivity index (χ3n) is 5.54. The lowest BCUT2D eigenvalue weighted by Gasteiger charge is -2.54. The van der Waals surface area contributed by atoms with Crippen molar-refractivity contribution in [3.05, 3.63) is 23.2 Å². The van der Waals surface area contributed by atoms with E-state index in [2.05, 4.69) is 43.3 Å². The van der Waals surface area contributed by atoms with Gasteiger partial charge in [0.05, 0.1) is 21.3 Å². The minimum Gasteiger partial charge on any atom is -0.377 e. The van der Waals surface area contributed by atoms with Crippen molar-refractivity contribution >= 4 is 33.3 Å². The zero-order valence-electron chi connectivity index (χ0n) is 15.1. The Morgan fingerprint density at radius 2 is 2.20 bits per heavy atom. The largest absolute Gasteiger partial charge is 0.377 e. The number of hydrogen-bond donors (Lipinski definition) is 2. The molecule has 2 aliphatic rings. The van der Waals surface area contributed by atoms with Crippen molar-refractivity contribution in [2.45, 2.75) is 52.2 Å². The van der Waals surface area contributed by atoms with Crippen LogP contribution in [0.5, 0.6) is 0 Å². The molecule has 2 aromatic rings. The number of nitrogens with zero attached hydrogens (tertiary/aromatic N) is 1. The molecule has 0 spiro atoms. The van der Waals surface area contributed by atoms with Crippen molar-refractivity contribution < 1.29 is 9.53 Å². The van der Waals surface area contributed by atoms with Crippen LogP contribution >= 0.6 is 11.3 Å². The highest BCUT2D eigenvalue weighted by Gasteiger charge is 2.59. The maximum Gasteiger partial charge on any atom is 0.319 e. The van der Waals surface area contributed by atoms with E-state index in [1.165, 1.54) is 0 Å². The molecule has 25 heavy (non-hydrogen) atoms. The van der Waals surface area contributed by atoms with Crippen LogP contribution in [0.15, 0.2) is 18.2 Å². The van der Waals surface area contributed by atoms with Gasteiger partial charge in [-0.05, 0) is 24.6 Å². The Morgan fingerprint density at radius 3 is 2.96 bits per heavy atom. The number of fused-ring (bicyclic) bond motifs is 2. The standard InChI is InChI=1S/C19H25N3O2S/c1-10(2)17-21-13-6-5-11(9-14(13)25-17)20-18(23)22-15-12-7-8-24-16(12)19(15,3)4/h5-6,9-10,12,15-16H,7-8H2,1-4H3,(H2,20,22,23)/t12-,15-,16-/m1/s1. The van der Waals surface area contributed by atoms with Crippen LogP contribution in [-0.2, 0) is 4.74 Å². The van der Waals surface area contributed by atoms with E-state index in [9.17, 15) is 4.79 Å². The van der Waals surface area contributed by atoms with Crippen LogP contribution in [0, 0.1) is 11.3 Å². The van der Waals surface area contributed by atoms with Gasteiger partial charge in [-0.1, -0.05) is 27.7 Å². The smallest absolute Gasteiger partial charge is 0.319 e. The molecule has 1 aromatic heterocycles. The van der Waals surface area contributed by atoms with Crippen LogP contribution < -0.4 is 10.6 Å². The highest BCUT2D eigenvalue weighted by molar-refractivity contribution is 7.18. The molecule has 1 aliphatic carbocycles. The molecule has 134 valence electrons. The normalized spacial score (nSPS) is 27.2. The summed E-state index contributed by atoms with van der Waals surface area (Å²) in [5.41, 5.74) is 1.79. The second-order valence-electron chi connectivity index (χ2n) is 8.03. The fraction of sp³-hybridized carbons (Fsp3) is 0.579.